The third-order valence-electron chi connectivity index (χ3n) is 2.71. The van der Waals surface area contributed by atoms with Crippen LogP contribution in [-0.2, 0) is 0 Å². The molecule has 102 valence electrons. The zero-order valence-corrected chi connectivity index (χ0v) is 12.8. The summed E-state index contributed by atoms with van der Waals surface area (Å²) in [7, 11) is 1.62. The third kappa shape index (κ3) is 2.54. The lowest BCUT2D eigenvalue weighted by Crippen LogP contribution is -2.11. The Hall–Kier alpha value is -1.86. The number of carbonyl (C=O) groups is 1. The van der Waals surface area contributed by atoms with Crippen LogP contribution in [0.15, 0.2) is 34.9 Å². The predicted molar refractivity (Wildman–Crippen MR) is 82.6 cm³/mol. The van der Waals surface area contributed by atoms with Gasteiger partial charge in [-0.3, -0.25) is 10.1 Å². The van der Waals surface area contributed by atoms with Crippen molar-refractivity contribution in [2.24, 2.45) is 0 Å². The molecule has 0 saturated carbocycles. The van der Waals surface area contributed by atoms with E-state index in [1.807, 2.05) is 18.2 Å². The summed E-state index contributed by atoms with van der Waals surface area (Å²) in [6.07, 6.45) is 1.71. The number of benzene rings is 1. The zero-order valence-electron chi connectivity index (χ0n) is 10.4. The fraction of sp³-hybridized carbons (Fsp3) is 0.0769. The summed E-state index contributed by atoms with van der Waals surface area (Å²) < 4.78 is 6.96. The molecule has 3 aromatic rings. The number of rotatable bonds is 3. The van der Waals surface area contributed by atoms with Crippen LogP contribution in [0.1, 0.15) is 10.5 Å². The van der Waals surface area contributed by atoms with Gasteiger partial charge in [0.15, 0.2) is 5.13 Å². The molecule has 2 aromatic heterocycles. The number of anilines is 1. The Bertz CT molecular complexity index is 781. The monoisotopic (exact) mass is 351 g/mol. The molecule has 1 aromatic carbocycles. The van der Waals surface area contributed by atoms with Crippen molar-refractivity contribution in [1.29, 1.82) is 0 Å². The highest BCUT2D eigenvalue weighted by Gasteiger charge is 2.11. The van der Waals surface area contributed by atoms with Crippen LogP contribution < -0.4 is 10.1 Å². The number of nitrogens with one attached hydrogen (secondary N) is 2. The highest BCUT2D eigenvalue weighted by atomic mass is 79.9. The Kier molecular flexibility index (Phi) is 3.45. The van der Waals surface area contributed by atoms with Crippen LogP contribution in [0.25, 0.3) is 10.2 Å². The lowest BCUT2D eigenvalue weighted by molar-refractivity contribution is 0.102. The molecule has 0 atom stereocenters. The van der Waals surface area contributed by atoms with Crippen LogP contribution in [0.2, 0.25) is 0 Å². The van der Waals surface area contributed by atoms with Crippen LogP contribution in [-0.4, -0.2) is 23.0 Å². The van der Waals surface area contributed by atoms with Gasteiger partial charge in [-0.05, 0) is 40.2 Å². The van der Waals surface area contributed by atoms with Gasteiger partial charge in [0.05, 0.1) is 17.3 Å². The number of hydrogen-bond donors (Lipinski definition) is 2. The van der Waals surface area contributed by atoms with Crippen LogP contribution in [0.4, 0.5) is 5.13 Å². The topological polar surface area (TPSA) is 67.0 Å². The maximum Gasteiger partial charge on any atom is 0.273 e. The van der Waals surface area contributed by atoms with Gasteiger partial charge in [-0.15, -0.1) is 0 Å². The first-order chi connectivity index (χ1) is 9.65. The molecule has 7 heteroatoms. The maximum absolute atomic E-state index is 12.0. The molecule has 0 saturated heterocycles. The highest BCUT2D eigenvalue weighted by Crippen LogP contribution is 2.29. The molecule has 0 radical (unpaired) electrons. The molecule has 0 spiro atoms. The van der Waals surface area contributed by atoms with Crippen LogP contribution >= 0.6 is 27.3 Å². The third-order valence-corrected chi connectivity index (χ3v) is 4.10. The Morgan fingerprint density at radius 2 is 2.30 bits per heavy atom. The standard InChI is InChI=1S/C13H10BrN3O2S/c1-19-8-2-3-9-11(5-8)20-13(16-9)17-12(18)10-4-7(14)6-15-10/h2-6,15H,1H3,(H,16,17,18). The minimum Gasteiger partial charge on any atom is -0.497 e. The molecule has 0 fully saturated rings. The molecule has 20 heavy (non-hydrogen) atoms. The van der Waals surface area contributed by atoms with Crippen molar-refractivity contribution >= 4 is 48.5 Å². The van der Waals surface area contributed by atoms with Gasteiger partial charge < -0.3 is 9.72 Å². The summed E-state index contributed by atoms with van der Waals surface area (Å²) >= 11 is 4.70. The number of ether oxygens (including phenoxy) is 1. The fourth-order valence-corrected chi connectivity index (χ4v) is 2.98. The van der Waals surface area contributed by atoms with Crippen molar-refractivity contribution < 1.29 is 9.53 Å². The quantitative estimate of drug-likeness (QED) is 0.756. The van der Waals surface area contributed by atoms with Gasteiger partial charge in [0.25, 0.3) is 5.91 Å². The minimum atomic E-state index is -0.221. The van der Waals surface area contributed by atoms with E-state index in [0.717, 1.165) is 20.4 Å². The van der Waals surface area contributed by atoms with Crippen LogP contribution in [0.3, 0.4) is 0 Å². The number of hydrogen-bond acceptors (Lipinski definition) is 4. The van der Waals surface area contributed by atoms with Crippen molar-refractivity contribution in [3.8, 4) is 5.75 Å². The SMILES string of the molecule is COc1ccc2nc(NC(=O)c3cc(Br)c[nH]3)sc2c1. The van der Waals surface area contributed by atoms with Crippen molar-refractivity contribution in [2.75, 3.05) is 12.4 Å². The Morgan fingerprint density at radius 3 is 3.00 bits per heavy atom. The molecule has 0 unspecified atom stereocenters. The Balaban J connectivity index is 1.85. The number of methoxy groups -OCH3 is 1. The molecule has 3 rings (SSSR count). The second kappa shape index (κ2) is 5.26. The van der Waals surface area contributed by atoms with E-state index in [0.29, 0.717) is 10.8 Å². The first kappa shape index (κ1) is 13.1. The number of amides is 1. The van der Waals surface area contributed by atoms with Gasteiger partial charge in [-0.25, -0.2) is 4.98 Å². The molecule has 2 heterocycles. The van der Waals surface area contributed by atoms with E-state index in [-0.39, 0.29) is 5.91 Å². The van der Waals surface area contributed by atoms with Gasteiger partial charge in [0.1, 0.15) is 11.4 Å². The summed E-state index contributed by atoms with van der Waals surface area (Å²) in [4.78, 5) is 19.2. The second-order valence-electron chi connectivity index (χ2n) is 4.04. The average molecular weight is 352 g/mol. The smallest absolute Gasteiger partial charge is 0.273 e. The van der Waals surface area contributed by atoms with Crippen molar-refractivity contribution in [1.82, 2.24) is 9.97 Å². The molecule has 0 aliphatic carbocycles. The molecule has 0 bridgehead atoms. The lowest BCUT2D eigenvalue weighted by atomic mass is 10.3. The molecule has 1 amide bonds. The summed E-state index contributed by atoms with van der Waals surface area (Å²) in [6.45, 7) is 0. The number of fused-ring (bicyclic) bond motifs is 1. The van der Waals surface area contributed by atoms with Gasteiger partial charge in [-0.2, -0.15) is 0 Å². The molecule has 0 aliphatic rings. The number of halogens is 1. The van der Waals surface area contributed by atoms with Crippen molar-refractivity contribution in [3.63, 3.8) is 0 Å². The lowest BCUT2D eigenvalue weighted by Gasteiger charge is -1.97. The molecule has 0 aliphatic heterocycles. The van der Waals surface area contributed by atoms with E-state index < -0.39 is 0 Å². The van der Waals surface area contributed by atoms with Gasteiger partial charge >= 0.3 is 0 Å². The van der Waals surface area contributed by atoms with Crippen molar-refractivity contribution in [3.05, 3.63) is 40.6 Å². The van der Waals surface area contributed by atoms with E-state index in [1.165, 1.54) is 11.3 Å². The van der Waals surface area contributed by atoms with Gasteiger partial charge in [0.2, 0.25) is 0 Å². The van der Waals surface area contributed by atoms with E-state index in [1.54, 1.807) is 19.4 Å². The number of carbonyl (C=O) groups excluding carboxylic acids is 1. The number of aromatic nitrogens is 2. The van der Waals surface area contributed by atoms with Gasteiger partial charge in [-0.1, -0.05) is 11.3 Å². The summed E-state index contributed by atoms with van der Waals surface area (Å²) in [5.41, 5.74) is 1.31. The number of thiazole rings is 1. The zero-order chi connectivity index (χ0) is 14.1. The van der Waals surface area contributed by atoms with Crippen LogP contribution in [0, 0.1) is 0 Å². The molecule has 5 nitrogen and oxygen atoms in total. The summed E-state index contributed by atoms with van der Waals surface area (Å²) in [5.74, 6) is 0.550. The molecule has 2 N–H and O–H groups in total. The molecular formula is C13H10BrN3O2S. The Morgan fingerprint density at radius 1 is 1.45 bits per heavy atom. The van der Waals surface area contributed by atoms with E-state index in [9.17, 15) is 4.79 Å². The van der Waals surface area contributed by atoms with Gasteiger partial charge in [0, 0.05) is 10.7 Å². The number of nitrogens with zero attached hydrogens (tertiary/aromatic N) is 1. The first-order valence-electron chi connectivity index (χ1n) is 5.75. The van der Waals surface area contributed by atoms with Crippen LogP contribution in [0.5, 0.6) is 5.75 Å². The maximum atomic E-state index is 12.0. The van der Waals surface area contributed by atoms with E-state index >= 15 is 0 Å². The Labute approximate surface area is 127 Å². The largest absolute Gasteiger partial charge is 0.497 e. The van der Waals surface area contributed by atoms with E-state index in [4.69, 9.17) is 4.74 Å². The minimum absolute atomic E-state index is 0.221. The summed E-state index contributed by atoms with van der Waals surface area (Å²) in [6, 6.07) is 7.32. The number of H-pyrrole nitrogens is 1. The van der Waals surface area contributed by atoms with E-state index in [2.05, 4.69) is 31.2 Å². The normalized spacial score (nSPS) is 10.7. The number of aromatic amines is 1. The average Bonchev–Trinajstić information content (AvgIpc) is 3.03. The predicted octanol–water partition coefficient (Wildman–Crippen LogP) is 3.65. The summed E-state index contributed by atoms with van der Waals surface area (Å²) in [5, 5.41) is 3.33. The highest BCUT2D eigenvalue weighted by molar-refractivity contribution is 9.10. The fourth-order valence-electron chi connectivity index (χ4n) is 1.75. The first-order valence-corrected chi connectivity index (χ1v) is 7.36. The molecular weight excluding hydrogens is 342 g/mol. The second-order valence-corrected chi connectivity index (χ2v) is 5.98. The van der Waals surface area contributed by atoms with Crippen molar-refractivity contribution in [2.45, 2.75) is 0 Å².